The number of hydrogen-bond acceptors (Lipinski definition) is 8. The third-order valence-electron chi connectivity index (χ3n) is 6.49. The molecule has 0 unspecified atom stereocenters. The van der Waals surface area contributed by atoms with Gasteiger partial charge in [-0.05, 0) is 61.6 Å². The van der Waals surface area contributed by atoms with Crippen LogP contribution in [0.25, 0.3) is 0 Å². The first-order valence-electron chi connectivity index (χ1n) is 14.3. The van der Waals surface area contributed by atoms with Crippen molar-refractivity contribution in [2.75, 3.05) is 27.3 Å². The molecule has 0 heterocycles. The van der Waals surface area contributed by atoms with Gasteiger partial charge in [0.1, 0.15) is 6.04 Å². The molecule has 0 aromatic heterocycles. The highest BCUT2D eigenvalue weighted by atomic mass is 16.7. The van der Waals surface area contributed by atoms with Gasteiger partial charge in [-0.2, -0.15) is 5.48 Å². The molecule has 12 heteroatoms. The molecule has 4 N–H and O–H groups in total. The Balaban J connectivity index is 1.63. The van der Waals surface area contributed by atoms with Gasteiger partial charge in [0.25, 0.3) is 5.91 Å². The summed E-state index contributed by atoms with van der Waals surface area (Å²) in [4.78, 5) is 64.3. The highest BCUT2D eigenvalue weighted by Gasteiger charge is 2.21. The number of methoxy groups -OCH3 is 2. The zero-order valence-corrected chi connectivity index (χ0v) is 24.8. The second-order valence-corrected chi connectivity index (χ2v) is 9.83. The van der Waals surface area contributed by atoms with Gasteiger partial charge in [0.05, 0.1) is 27.1 Å². The van der Waals surface area contributed by atoms with E-state index in [9.17, 15) is 24.0 Å². The van der Waals surface area contributed by atoms with Gasteiger partial charge < -0.3 is 30.3 Å². The molecular weight excluding hydrogens is 556 g/mol. The number of carbonyl (C=O) groups excluding carboxylic acids is 5. The van der Waals surface area contributed by atoms with Gasteiger partial charge in [-0.25, -0.2) is 14.4 Å². The van der Waals surface area contributed by atoms with E-state index in [-0.39, 0.29) is 25.8 Å². The summed E-state index contributed by atoms with van der Waals surface area (Å²) >= 11 is 0. The Morgan fingerprint density at radius 3 is 1.98 bits per heavy atom. The summed E-state index contributed by atoms with van der Waals surface area (Å²) in [7, 11) is 2.44. The predicted octanol–water partition coefficient (Wildman–Crippen LogP) is 3.13. The summed E-state index contributed by atoms with van der Waals surface area (Å²) in [6.45, 7) is 0.279. The van der Waals surface area contributed by atoms with E-state index in [1.54, 1.807) is 0 Å². The predicted molar refractivity (Wildman–Crippen MR) is 159 cm³/mol. The molecule has 0 fully saturated rings. The van der Waals surface area contributed by atoms with Crippen molar-refractivity contribution < 1.29 is 38.3 Å². The third kappa shape index (κ3) is 15.3. The first-order chi connectivity index (χ1) is 20.8. The number of alkyl carbamates (subject to hydrolysis) is 2. The molecule has 0 saturated heterocycles. The molecule has 12 nitrogen and oxygen atoms in total. The molecule has 2 rings (SSSR count). The Hall–Kier alpha value is -4.61. The van der Waals surface area contributed by atoms with Crippen LogP contribution < -0.4 is 21.4 Å². The standard InChI is InChI=1S/C31H42N4O8/c1-41-30(39)33-20-9-8-14-26(34-31(40)42-2)29(38)32-21-19-28(37)43-35-27(36)22-25-17-15-24(16-18-25)13-7-6-12-23-10-4-3-5-11-23/h3-5,10-11,15-18,26H,6-9,12-14,19-22H2,1-2H3,(H,32,38)(H,33,39)(H,34,40)(H,35,36)/t26-/m0/s1. The lowest BCUT2D eigenvalue weighted by Crippen LogP contribution is -2.47. The molecule has 0 aliphatic rings. The largest absolute Gasteiger partial charge is 0.453 e. The van der Waals surface area contributed by atoms with E-state index in [4.69, 9.17) is 4.84 Å². The van der Waals surface area contributed by atoms with Gasteiger partial charge in [0.15, 0.2) is 0 Å². The van der Waals surface area contributed by atoms with Crippen LogP contribution in [-0.4, -0.2) is 63.3 Å². The lowest BCUT2D eigenvalue weighted by Gasteiger charge is -2.17. The van der Waals surface area contributed by atoms with Crippen molar-refractivity contribution >= 4 is 30.0 Å². The van der Waals surface area contributed by atoms with E-state index >= 15 is 0 Å². The van der Waals surface area contributed by atoms with Crippen LogP contribution in [0.5, 0.6) is 0 Å². The van der Waals surface area contributed by atoms with Crippen molar-refractivity contribution in [3.63, 3.8) is 0 Å². The van der Waals surface area contributed by atoms with Crippen molar-refractivity contribution in [3.8, 4) is 0 Å². The first kappa shape index (κ1) is 34.6. The summed E-state index contributed by atoms with van der Waals surface area (Å²) in [6, 6.07) is 17.3. The van der Waals surface area contributed by atoms with Crippen LogP contribution in [0.15, 0.2) is 54.6 Å². The smallest absolute Gasteiger partial charge is 0.407 e. The lowest BCUT2D eigenvalue weighted by molar-refractivity contribution is -0.158. The molecular formula is C31H42N4O8. The Bertz CT molecular complexity index is 1160. The van der Waals surface area contributed by atoms with E-state index in [0.29, 0.717) is 19.4 Å². The van der Waals surface area contributed by atoms with Crippen LogP contribution in [-0.2, 0) is 48.0 Å². The summed E-state index contributed by atoms with van der Waals surface area (Å²) in [5.41, 5.74) is 5.46. The fraction of sp³-hybridized carbons (Fsp3) is 0.452. The van der Waals surface area contributed by atoms with E-state index < -0.39 is 36.0 Å². The van der Waals surface area contributed by atoms with E-state index in [0.717, 1.165) is 31.2 Å². The molecule has 0 aliphatic carbocycles. The van der Waals surface area contributed by atoms with Gasteiger partial charge in [-0.15, -0.1) is 0 Å². The fourth-order valence-electron chi connectivity index (χ4n) is 4.13. The molecule has 0 spiro atoms. The number of amides is 4. The fourth-order valence-corrected chi connectivity index (χ4v) is 4.13. The average Bonchev–Trinajstić information content (AvgIpc) is 3.02. The van der Waals surface area contributed by atoms with Crippen LogP contribution in [0.3, 0.4) is 0 Å². The van der Waals surface area contributed by atoms with Crippen molar-refractivity contribution in [1.29, 1.82) is 0 Å². The molecule has 43 heavy (non-hydrogen) atoms. The number of benzene rings is 2. The minimum Gasteiger partial charge on any atom is -0.453 e. The molecule has 2 aromatic carbocycles. The summed E-state index contributed by atoms with van der Waals surface area (Å²) in [5.74, 6) is -1.72. The number of hydrogen-bond donors (Lipinski definition) is 4. The molecule has 234 valence electrons. The molecule has 0 radical (unpaired) electrons. The lowest BCUT2D eigenvalue weighted by atomic mass is 10.0. The molecule has 4 amide bonds. The zero-order chi connectivity index (χ0) is 31.3. The zero-order valence-electron chi connectivity index (χ0n) is 24.8. The number of hydroxylamine groups is 1. The Morgan fingerprint density at radius 2 is 1.33 bits per heavy atom. The Morgan fingerprint density at radius 1 is 0.698 bits per heavy atom. The van der Waals surface area contributed by atoms with E-state index in [1.165, 1.54) is 25.3 Å². The second-order valence-electron chi connectivity index (χ2n) is 9.83. The number of ether oxygens (including phenoxy) is 2. The Kier molecular flexibility index (Phi) is 16.3. The van der Waals surface area contributed by atoms with Crippen LogP contribution in [0.1, 0.15) is 55.2 Å². The maximum Gasteiger partial charge on any atom is 0.407 e. The van der Waals surface area contributed by atoms with Gasteiger partial charge >= 0.3 is 18.2 Å². The third-order valence-corrected chi connectivity index (χ3v) is 6.49. The van der Waals surface area contributed by atoms with Crippen molar-refractivity contribution in [2.45, 2.75) is 63.8 Å². The highest BCUT2D eigenvalue weighted by molar-refractivity contribution is 5.86. The van der Waals surface area contributed by atoms with Gasteiger partial charge in [0, 0.05) is 13.1 Å². The highest BCUT2D eigenvalue weighted by Crippen LogP contribution is 2.11. The molecule has 0 aliphatic heterocycles. The number of rotatable bonds is 17. The van der Waals surface area contributed by atoms with Crippen LogP contribution in [0, 0.1) is 0 Å². The van der Waals surface area contributed by atoms with Gasteiger partial charge in [0.2, 0.25) is 5.91 Å². The molecule has 0 saturated carbocycles. The Labute approximate surface area is 252 Å². The maximum atomic E-state index is 12.5. The number of carbonyl (C=O) groups is 5. The molecule has 1 atom stereocenters. The number of unbranched alkanes of at least 4 members (excludes halogenated alkanes) is 2. The normalized spacial score (nSPS) is 11.0. The molecule has 2 aromatic rings. The van der Waals surface area contributed by atoms with Gasteiger partial charge in [-0.3, -0.25) is 9.59 Å². The maximum absolute atomic E-state index is 12.5. The SMILES string of the molecule is COC(=O)NCCCC[C@H](NC(=O)OC)C(=O)NCCC(=O)ONC(=O)Cc1ccc(CCCCc2ccccc2)cc1. The summed E-state index contributed by atoms with van der Waals surface area (Å²) < 4.78 is 9.05. The van der Waals surface area contributed by atoms with Crippen molar-refractivity contribution in [1.82, 2.24) is 21.4 Å². The topological polar surface area (TPSA) is 161 Å². The number of aryl methyl sites for hydroxylation is 2. The minimum absolute atomic E-state index is 0.0499. The molecule has 0 bridgehead atoms. The van der Waals surface area contributed by atoms with E-state index in [1.807, 2.05) is 30.3 Å². The second kappa shape index (κ2) is 20.3. The van der Waals surface area contributed by atoms with Crippen LogP contribution in [0.2, 0.25) is 0 Å². The minimum atomic E-state index is -0.901. The average molecular weight is 599 g/mol. The van der Waals surface area contributed by atoms with E-state index in [2.05, 4.69) is 55.2 Å². The van der Waals surface area contributed by atoms with Crippen LogP contribution >= 0.6 is 0 Å². The summed E-state index contributed by atoms with van der Waals surface area (Å²) in [6.07, 6.45) is 4.05. The van der Waals surface area contributed by atoms with Crippen molar-refractivity contribution in [3.05, 3.63) is 71.3 Å². The number of nitrogens with one attached hydrogen (secondary N) is 4. The van der Waals surface area contributed by atoms with Crippen molar-refractivity contribution in [2.24, 2.45) is 0 Å². The monoisotopic (exact) mass is 598 g/mol. The first-order valence-corrected chi connectivity index (χ1v) is 14.3. The summed E-state index contributed by atoms with van der Waals surface area (Å²) in [5, 5.41) is 7.53. The quantitative estimate of drug-likeness (QED) is 0.123. The van der Waals surface area contributed by atoms with Gasteiger partial charge in [-0.1, -0.05) is 54.6 Å². The van der Waals surface area contributed by atoms with Crippen LogP contribution in [0.4, 0.5) is 9.59 Å².